The molecule has 2 N–H and O–H groups in total. The molecule has 0 saturated heterocycles. The summed E-state index contributed by atoms with van der Waals surface area (Å²) in [4.78, 5) is 10.7. The number of hydrogen-bond donors (Lipinski definition) is 1. The maximum atomic E-state index is 11.1. The van der Waals surface area contributed by atoms with Crippen molar-refractivity contribution >= 4 is 5.69 Å². The van der Waals surface area contributed by atoms with Crippen molar-refractivity contribution in [2.24, 2.45) is 5.73 Å². The van der Waals surface area contributed by atoms with Gasteiger partial charge in [-0.15, -0.1) is 0 Å². The van der Waals surface area contributed by atoms with Gasteiger partial charge in [0.15, 0.2) is 0 Å². The highest BCUT2D eigenvalue weighted by atomic mass is 16.6. The highest BCUT2D eigenvalue weighted by molar-refractivity contribution is 5.54. The predicted octanol–water partition coefficient (Wildman–Crippen LogP) is 4.11. The summed E-state index contributed by atoms with van der Waals surface area (Å²) in [5.74, 6) is 0.822. The third kappa shape index (κ3) is 3.20. The fourth-order valence-corrected chi connectivity index (χ4v) is 2.12. The van der Waals surface area contributed by atoms with Crippen molar-refractivity contribution in [2.75, 3.05) is 0 Å². The van der Waals surface area contributed by atoms with Gasteiger partial charge in [0.05, 0.1) is 4.92 Å². The van der Waals surface area contributed by atoms with Crippen molar-refractivity contribution in [3.8, 4) is 11.5 Å². The number of nitro benzene ring substituents is 1. The third-order valence-electron chi connectivity index (χ3n) is 3.36. The lowest BCUT2D eigenvalue weighted by Crippen LogP contribution is -2.10. The Labute approximate surface area is 123 Å². The molecule has 0 aliphatic rings. The molecule has 0 aliphatic carbocycles. The van der Waals surface area contributed by atoms with Gasteiger partial charge in [-0.25, -0.2) is 0 Å². The molecule has 2 rings (SSSR count). The molecule has 0 spiro atoms. The lowest BCUT2D eigenvalue weighted by Gasteiger charge is -2.16. The van der Waals surface area contributed by atoms with Gasteiger partial charge in [0.1, 0.15) is 5.75 Å². The Balaban J connectivity index is 2.46. The molecule has 0 aliphatic heterocycles. The van der Waals surface area contributed by atoms with E-state index in [9.17, 15) is 10.1 Å². The zero-order valence-electron chi connectivity index (χ0n) is 12.1. The van der Waals surface area contributed by atoms with Crippen LogP contribution in [0.25, 0.3) is 0 Å². The third-order valence-corrected chi connectivity index (χ3v) is 3.36. The number of nitrogens with two attached hydrogens (primary N) is 1. The first-order valence-corrected chi connectivity index (χ1v) is 6.81. The summed E-state index contributed by atoms with van der Waals surface area (Å²) in [7, 11) is 0. The van der Waals surface area contributed by atoms with Gasteiger partial charge in [0.2, 0.25) is 5.75 Å². The second-order valence-electron chi connectivity index (χ2n) is 4.83. The fourth-order valence-electron chi connectivity index (χ4n) is 2.12. The van der Waals surface area contributed by atoms with Crippen LogP contribution < -0.4 is 10.5 Å². The number of nitrogens with zero attached hydrogens (tertiary/aromatic N) is 1. The van der Waals surface area contributed by atoms with E-state index >= 15 is 0 Å². The molecule has 110 valence electrons. The molecule has 2 aromatic carbocycles. The van der Waals surface area contributed by atoms with E-state index < -0.39 is 4.92 Å². The predicted molar refractivity (Wildman–Crippen MR) is 81.6 cm³/mol. The van der Waals surface area contributed by atoms with E-state index in [2.05, 4.69) is 0 Å². The monoisotopic (exact) mass is 286 g/mol. The van der Waals surface area contributed by atoms with Crippen LogP contribution in [0.2, 0.25) is 0 Å². The number of rotatable bonds is 5. The summed E-state index contributed by atoms with van der Waals surface area (Å²) < 4.78 is 5.83. The first-order chi connectivity index (χ1) is 10.0. The van der Waals surface area contributed by atoms with Crippen LogP contribution in [-0.4, -0.2) is 4.92 Å². The summed E-state index contributed by atoms with van der Waals surface area (Å²) in [5, 5.41) is 11.1. The van der Waals surface area contributed by atoms with E-state index in [0.29, 0.717) is 11.3 Å². The van der Waals surface area contributed by atoms with Crippen molar-refractivity contribution in [2.45, 2.75) is 26.3 Å². The molecule has 0 amide bonds. The van der Waals surface area contributed by atoms with Gasteiger partial charge in [0.25, 0.3) is 0 Å². The van der Waals surface area contributed by atoms with E-state index in [1.165, 1.54) is 6.07 Å². The highest BCUT2D eigenvalue weighted by Gasteiger charge is 2.19. The molecule has 0 aromatic heterocycles. The van der Waals surface area contributed by atoms with Crippen molar-refractivity contribution < 1.29 is 9.66 Å². The summed E-state index contributed by atoms with van der Waals surface area (Å²) in [6, 6.07) is 12.1. The maximum Gasteiger partial charge on any atom is 0.311 e. The molecule has 21 heavy (non-hydrogen) atoms. The minimum atomic E-state index is -0.440. The average Bonchev–Trinajstić information content (AvgIpc) is 2.48. The Bertz CT molecular complexity index is 656. The largest absolute Gasteiger partial charge is 0.449 e. The number of nitro groups is 1. The van der Waals surface area contributed by atoms with E-state index in [1.807, 2.05) is 25.1 Å². The van der Waals surface area contributed by atoms with Gasteiger partial charge >= 0.3 is 5.69 Å². The Morgan fingerprint density at radius 3 is 2.62 bits per heavy atom. The Hall–Kier alpha value is -2.40. The van der Waals surface area contributed by atoms with Gasteiger partial charge in [-0.05, 0) is 25.0 Å². The van der Waals surface area contributed by atoms with E-state index in [-0.39, 0.29) is 17.5 Å². The molecular weight excluding hydrogens is 268 g/mol. The van der Waals surface area contributed by atoms with Crippen molar-refractivity contribution in [1.29, 1.82) is 0 Å². The molecule has 2 aromatic rings. The number of aryl methyl sites for hydroxylation is 1. The molecule has 0 saturated carbocycles. The zero-order chi connectivity index (χ0) is 15.4. The molecule has 0 radical (unpaired) electrons. The Kier molecular flexibility index (Phi) is 4.55. The molecular formula is C16H18N2O3. The molecule has 0 bridgehead atoms. The van der Waals surface area contributed by atoms with Crippen LogP contribution in [0.1, 0.15) is 30.5 Å². The Morgan fingerprint density at radius 1 is 1.24 bits per heavy atom. The lowest BCUT2D eigenvalue weighted by molar-refractivity contribution is -0.385. The highest BCUT2D eigenvalue weighted by Crippen LogP contribution is 2.37. The van der Waals surface area contributed by atoms with Gasteiger partial charge in [0, 0.05) is 17.7 Å². The van der Waals surface area contributed by atoms with Gasteiger partial charge in [-0.3, -0.25) is 10.1 Å². The van der Waals surface area contributed by atoms with Crippen LogP contribution in [0.3, 0.4) is 0 Å². The first kappa shape index (κ1) is 15.0. The van der Waals surface area contributed by atoms with E-state index in [0.717, 1.165) is 12.0 Å². The van der Waals surface area contributed by atoms with Crippen molar-refractivity contribution in [3.05, 3.63) is 63.7 Å². The van der Waals surface area contributed by atoms with Crippen LogP contribution >= 0.6 is 0 Å². The van der Waals surface area contributed by atoms with Crippen LogP contribution in [0.4, 0.5) is 5.69 Å². The van der Waals surface area contributed by atoms with Crippen LogP contribution in [0.5, 0.6) is 11.5 Å². The minimum absolute atomic E-state index is 0.0464. The van der Waals surface area contributed by atoms with Crippen LogP contribution in [0.15, 0.2) is 42.5 Å². The van der Waals surface area contributed by atoms with Crippen LogP contribution in [0, 0.1) is 17.0 Å². The average molecular weight is 286 g/mol. The molecule has 0 unspecified atom stereocenters. The number of benzene rings is 2. The van der Waals surface area contributed by atoms with Crippen LogP contribution in [-0.2, 0) is 0 Å². The number of ether oxygens (including phenoxy) is 1. The number of hydrogen-bond acceptors (Lipinski definition) is 4. The summed E-state index contributed by atoms with van der Waals surface area (Å²) in [6.07, 6.45) is 0.760. The van der Waals surface area contributed by atoms with Crippen molar-refractivity contribution in [1.82, 2.24) is 0 Å². The normalized spacial score (nSPS) is 12.0. The fraction of sp³-hybridized carbons (Fsp3) is 0.250. The van der Waals surface area contributed by atoms with Gasteiger partial charge in [-0.2, -0.15) is 0 Å². The maximum absolute atomic E-state index is 11.1. The standard InChI is InChI=1S/C16H18N2O3/c1-3-13(17)12-8-4-5-10-15(12)21-16-11(2)7-6-9-14(16)18(19)20/h4-10,13H,3,17H2,1-2H3/t13-/m1/s1. The topological polar surface area (TPSA) is 78.4 Å². The quantitative estimate of drug-likeness (QED) is 0.662. The molecule has 1 atom stereocenters. The Morgan fingerprint density at radius 2 is 1.95 bits per heavy atom. The smallest absolute Gasteiger partial charge is 0.311 e. The zero-order valence-corrected chi connectivity index (χ0v) is 12.1. The minimum Gasteiger partial charge on any atom is -0.449 e. The molecule has 0 fully saturated rings. The van der Waals surface area contributed by atoms with E-state index in [1.54, 1.807) is 25.1 Å². The van der Waals surface area contributed by atoms with Gasteiger partial charge < -0.3 is 10.5 Å². The summed E-state index contributed by atoms with van der Waals surface area (Å²) in [5.41, 5.74) is 7.58. The molecule has 0 heterocycles. The second-order valence-corrected chi connectivity index (χ2v) is 4.83. The number of para-hydroxylation sites is 2. The van der Waals surface area contributed by atoms with Crippen molar-refractivity contribution in [3.63, 3.8) is 0 Å². The summed E-state index contributed by atoms with van der Waals surface area (Å²) >= 11 is 0. The molecule has 5 heteroatoms. The van der Waals surface area contributed by atoms with Gasteiger partial charge in [-0.1, -0.05) is 37.3 Å². The second kappa shape index (κ2) is 6.37. The van der Waals surface area contributed by atoms with E-state index in [4.69, 9.17) is 10.5 Å². The first-order valence-electron chi connectivity index (χ1n) is 6.81. The molecule has 5 nitrogen and oxygen atoms in total. The lowest BCUT2D eigenvalue weighted by atomic mass is 10.0. The SMILES string of the molecule is CC[C@@H](N)c1ccccc1Oc1c(C)cccc1[N+](=O)[O-]. The summed E-state index contributed by atoms with van der Waals surface area (Å²) in [6.45, 7) is 3.77.